The maximum Gasteiger partial charge on any atom is 0.181 e. The fourth-order valence-electron chi connectivity index (χ4n) is 1.84. The fourth-order valence-corrected chi connectivity index (χ4v) is 3.76. The average molecular weight is 239 g/mol. The topological polar surface area (TPSA) is 60.2 Å². The minimum absolute atomic E-state index is 0.133. The van der Waals surface area contributed by atoms with Gasteiger partial charge in [-0.25, -0.2) is 8.42 Å². The Morgan fingerprint density at radius 2 is 1.94 bits per heavy atom. The summed E-state index contributed by atoms with van der Waals surface area (Å²) in [4.78, 5) is 0.519. The smallest absolute Gasteiger partial charge is 0.181 e. The number of rotatable bonds is 5. The van der Waals surface area contributed by atoms with Gasteiger partial charge in [0.05, 0.1) is 10.1 Å². The van der Waals surface area contributed by atoms with Gasteiger partial charge in [-0.05, 0) is 43.9 Å². The van der Waals surface area contributed by atoms with E-state index in [4.69, 9.17) is 5.73 Å². The standard InChI is InChI=1S/C12H17NO2S/c13-9-3-5-10-4-1-2-6-12(10)16(14,15)11-7-8-11/h1-2,4,6,11H,3,5,7-9,13H2. The maximum absolute atomic E-state index is 12.1. The molecule has 1 aromatic rings. The number of aryl methyl sites for hydroxylation is 1. The molecule has 0 heterocycles. The zero-order valence-electron chi connectivity index (χ0n) is 9.22. The van der Waals surface area contributed by atoms with Crippen LogP contribution in [-0.4, -0.2) is 20.2 Å². The second-order valence-corrected chi connectivity index (χ2v) is 6.44. The predicted molar refractivity (Wildman–Crippen MR) is 64.0 cm³/mol. The number of sulfone groups is 1. The normalized spacial score (nSPS) is 16.3. The van der Waals surface area contributed by atoms with Gasteiger partial charge in [-0.2, -0.15) is 0 Å². The van der Waals surface area contributed by atoms with Crippen LogP contribution in [0.15, 0.2) is 29.2 Å². The van der Waals surface area contributed by atoms with Crippen molar-refractivity contribution in [3.8, 4) is 0 Å². The lowest BCUT2D eigenvalue weighted by molar-refractivity contribution is 0.593. The van der Waals surface area contributed by atoms with Crippen molar-refractivity contribution in [2.24, 2.45) is 5.73 Å². The molecule has 1 aliphatic rings. The van der Waals surface area contributed by atoms with Gasteiger partial charge < -0.3 is 5.73 Å². The fraction of sp³-hybridized carbons (Fsp3) is 0.500. The third-order valence-corrected chi connectivity index (χ3v) is 5.25. The molecule has 4 heteroatoms. The molecule has 0 radical (unpaired) electrons. The van der Waals surface area contributed by atoms with Gasteiger partial charge in [0.25, 0.3) is 0 Å². The third kappa shape index (κ3) is 2.28. The van der Waals surface area contributed by atoms with Crippen LogP contribution < -0.4 is 5.73 Å². The zero-order valence-corrected chi connectivity index (χ0v) is 10.0. The Balaban J connectivity index is 2.32. The molecule has 1 aromatic carbocycles. The first-order chi connectivity index (χ1) is 7.66. The number of nitrogens with two attached hydrogens (primary N) is 1. The van der Waals surface area contributed by atoms with Crippen molar-refractivity contribution in [3.63, 3.8) is 0 Å². The zero-order chi connectivity index (χ0) is 11.6. The van der Waals surface area contributed by atoms with Crippen molar-refractivity contribution in [3.05, 3.63) is 29.8 Å². The highest BCUT2D eigenvalue weighted by atomic mass is 32.2. The molecular weight excluding hydrogens is 222 g/mol. The lowest BCUT2D eigenvalue weighted by Crippen LogP contribution is -2.11. The summed E-state index contributed by atoms with van der Waals surface area (Å²) in [5.74, 6) is 0. The Labute approximate surface area is 96.6 Å². The van der Waals surface area contributed by atoms with Crippen LogP contribution >= 0.6 is 0 Å². The molecule has 0 amide bonds. The van der Waals surface area contributed by atoms with Crippen LogP contribution in [0.3, 0.4) is 0 Å². The molecule has 16 heavy (non-hydrogen) atoms. The first-order valence-corrected chi connectivity index (χ1v) is 7.23. The van der Waals surface area contributed by atoms with Gasteiger partial charge >= 0.3 is 0 Å². The molecule has 1 fully saturated rings. The Morgan fingerprint density at radius 1 is 1.25 bits per heavy atom. The second kappa shape index (κ2) is 4.55. The van der Waals surface area contributed by atoms with E-state index in [1.807, 2.05) is 12.1 Å². The molecule has 1 saturated carbocycles. The number of hydrogen-bond acceptors (Lipinski definition) is 3. The first-order valence-electron chi connectivity index (χ1n) is 5.68. The molecule has 2 N–H and O–H groups in total. The first kappa shape index (κ1) is 11.6. The minimum Gasteiger partial charge on any atom is -0.330 e. The van der Waals surface area contributed by atoms with Gasteiger partial charge in [-0.1, -0.05) is 18.2 Å². The van der Waals surface area contributed by atoms with Crippen LogP contribution in [0.5, 0.6) is 0 Å². The molecule has 0 spiro atoms. The quantitative estimate of drug-likeness (QED) is 0.847. The van der Waals surface area contributed by atoms with Gasteiger partial charge in [0, 0.05) is 0 Å². The van der Waals surface area contributed by atoms with Gasteiger partial charge in [0.15, 0.2) is 9.84 Å². The molecule has 0 aromatic heterocycles. The highest BCUT2D eigenvalue weighted by Crippen LogP contribution is 2.34. The molecule has 88 valence electrons. The molecule has 2 rings (SSSR count). The summed E-state index contributed by atoms with van der Waals surface area (Å²) in [6.45, 7) is 0.595. The molecule has 0 unspecified atom stereocenters. The van der Waals surface area contributed by atoms with E-state index in [9.17, 15) is 8.42 Å². The summed E-state index contributed by atoms with van der Waals surface area (Å²) in [6, 6.07) is 7.30. The van der Waals surface area contributed by atoms with Gasteiger partial charge in [-0.15, -0.1) is 0 Å². The number of hydrogen-bond donors (Lipinski definition) is 1. The van der Waals surface area contributed by atoms with E-state index in [-0.39, 0.29) is 5.25 Å². The van der Waals surface area contributed by atoms with E-state index in [2.05, 4.69) is 0 Å². The Bertz CT molecular complexity index is 464. The minimum atomic E-state index is -3.07. The molecule has 0 bridgehead atoms. The predicted octanol–water partition coefficient (Wildman–Crippen LogP) is 1.51. The Kier molecular flexibility index (Phi) is 3.30. The van der Waals surface area contributed by atoms with E-state index in [0.717, 1.165) is 31.2 Å². The van der Waals surface area contributed by atoms with Crippen molar-refractivity contribution in [1.29, 1.82) is 0 Å². The van der Waals surface area contributed by atoms with Crippen LogP contribution in [-0.2, 0) is 16.3 Å². The SMILES string of the molecule is NCCCc1ccccc1S(=O)(=O)C1CC1. The largest absolute Gasteiger partial charge is 0.330 e. The third-order valence-electron chi connectivity index (χ3n) is 2.89. The maximum atomic E-state index is 12.1. The van der Waals surface area contributed by atoms with Crippen LogP contribution in [0.25, 0.3) is 0 Å². The molecular formula is C12H17NO2S. The van der Waals surface area contributed by atoms with E-state index < -0.39 is 9.84 Å². The van der Waals surface area contributed by atoms with Crippen molar-refractivity contribution in [2.75, 3.05) is 6.54 Å². The van der Waals surface area contributed by atoms with Crippen LogP contribution in [0.1, 0.15) is 24.8 Å². The highest BCUT2D eigenvalue weighted by Gasteiger charge is 2.37. The van der Waals surface area contributed by atoms with E-state index in [1.165, 1.54) is 0 Å². The van der Waals surface area contributed by atoms with Crippen LogP contribution in [0, 0.1) is 0 Å². The summed E-state index contributed by atoms with van der Waals surface area (Å²) in [6.07, 6.45) is 3.21. The molecule has 3 nitrogen and oxygen atoms in total. The lowest BCUT2D eigenvalue weighted by atomic mass is 10.1. The van der Waals surface area contributed by atoms with Crippen molar-refractivity contribution >= 4 is 9.84 Å². The van der Waals surface area contributed by atoms with Crippen molar-refractivity contribution in [1.82, 2.24) is 0 Å². The van der Waals surface area contributed by atoms with E-state index >= 15 is 0 Å². The Morgan fingerprint density at radius 3 is 2.56 bits per heavy atom. The Hall–Kier alpha value is -0.870. The van der Waals surface area contributed by atoms with Crippen LogP contribution in [0.2, 0.25) is 0 Å². The summed E-state index contributed by atoms with van der Waals surface area (Å²) < 4.78 is 24.3. The van der Waals surface area contributed by atoms with Gasteiger partial charge in [-0.3, -0.25) is 0 Å². The highest BCUT2D eigenvalue weighted by molar-refractivity contribution is 7.92. The molecule has 0 atom stereocenters. The van der Waals surface area contributed by atoms with Crippen LogP contribution in [0.4, 0.5) is 0 Å². The van der Waals surface area contributed by atoms with Gasteiger partial charge in [0.1, 0.15) is 0 Å². The molecule has 1 aliphatic carbocycles. The monoisotopic (exact) mass is 239 g/mol. The van der Waals surface area contributed by atoms with E-state index in [0.29, 0.717) is 11.4 Å². The average Bonchev–Trinajstić information content (AvgIpc) is 3.10. The summed E-state index contributed by atoms with van der Waals surface area (Å²) in [5, 5.41) is -0.133. The van der Waals surface area contributed by atoms with Gasteiger partial charge in [0.2, 0.25) is 0 Å². The summed E-state index contributed by atoms with van der Waals surface area (Å²) >= 11 is 0. The molecule has 0 saturated heterocycles. The summed E-state index contributed by atoms with van der Waals surface area (Å²) in [5.41, 5.74) is 6.37. The van der Waals surface area contributed by atoms with E-state index in [1.54, 1.807) is 12.1 Å². The second-order valence-electron chi connectivity index (χ2n) is 4.24. The molecule has 0 aliphatic heterocycles. The van der Waals surface area contributed by atoms with Crippen molar-refractivity contribution < 1.29 is 8.42 Å². The lowest BCUT2D eigenvalue weighted by Gasteiger charge is -2.09. The number of benzene rings is 1. The van der Waals surface area contributed by atoms with Crippen molar-refractivity contribution in [2.45, 2.75) is 35.8 Å². The summed E-state index contributed by atoms with van der Waals surface area (Å²) in [7, 11) is -3.07.